The van der Waals surface area contributed by atoms with E-state index in [0.717, 1.165) is 17.8 Å². The largest absolute Gasteiger partial charge is 0.480 e. The van der Waals surface area contributed by atoms with Gasteiger partial charge < -0.3 is 10.4 Å². The maximum absolute atomic E-state index is 10.2. The molecule has 0 aliphatic heterocycles. The average Bonchev–Trinajstić information content (AvgIpc) is 2.77. The Kier molecular flexibility index (Phi) is 4.00. The third-order valence-electron chi connectivity index (χ3n) is 3.63. The van der Waals surface area contributed by atoms with Crippen molar-refractivity contribution in [2.24, 2.45) is 0 Å². The highest BCUT2D eigenvalue weighted by molar-refractivity contribution is 6.42. The van der Waals surface area contributed by atoms with Crippen molar-refractivity contribution in [3.63, 3.8) is 0 Å². The maximum atomic E-state index is 10.2. The van der Waals surface area contributed by atoms with Crippen LogP contribution in [0.3, 0.4) is 0 Å². The van der Waals surface area contributed by atoms with Crippen molar-refractivity contribution >= 4 is 34.2 Å². The van der Waals surface area contributed by atoms with Crippen LogP contribution in [0.2, 0.25) is 10.0 Å². The van der Waals surface area contributed by atoms with E-state index in [9.17, 15) is 5.11 Å². The molecule has 3 rings (SSSR count). The van der Waals surface area contributed by atoms with E-state index in [0.29, 0.717) is 21.1 Å². The molecule has 0 saturated heterocycles. The molecule has 0 saturated carbocycles. The van der Waals surface area contributed by atoms with Gasteiger partial charge in [0.1, 0.15) is 0 Å². The first-order valence-corrected chi connectivity index (χ1v) is 7.58. The Hall–Kier alpha value is -1.75. The Balaban J connectivity index is 2.19. The summed E-state index contributed by atoms with van der Waals surface area (Å²) in [4.78, 5) is 4.14. The fraction of sp³-hybridized carbons (Fsp3) is 0.188. The van der Waals surface area contributed by atoms with Crippen LogP contribution in [0.1, 0.15) is 11.1 Å². The molecule has 4 nitrogen and oxygen atoms in total. The molecule has 0 fully saturated rings. The van der Waals surface area contributed by atoms with Gasteiger partial charge in [0.05, 0.1) is 26.8 Å². The van der Waals surface area contributed by atoms with Crippen molar-refractivity contribution in [1.29, 1.82) is 0 Å². The van der Waals surface area contributed by atoms with Gasteiger partial charge in [0.2, 0.25) is 0 Å². The molecule has 0 atom stereocenters. The highest BCUT2D eigenvalue weighted by Crippen LogP contribution is 2.32. The van der Waals surface area contributed by atoms with E-state index in [4.69, 9.17) is 23.2 Å². The molecule has 6 heteroatoms. The molecule has 1 aromatic heterocycles. The van der Waals surface area contributed by atoms with Crippen LogP contribution in [0.15, 0.2) is 30.3 Å². The third kappa shape index (κ3) is 2.54. The van der Waals surface area contributed by atoms with Gasteiger partial charge in [-0.15, -0.1) is 0 Å². The van der Waals surface area contributed by atoms with Crippen LogP contribution < -0.4 is 5.32 Å². The molecule has 3 aromatic rings. The quantitative estimate of drug-likeness (QED) is 0.758. The van der Waals surface area contributed by atoms with E-state index in [1.807, 2.05) is 32.2 Å². The molecule has 114 valence electrons. The smallest absolute Gasteiger partial charge is 0.299 e. The number of aryl methyl sites for hydroxylation is 1. The first-order valence-electron chi connectivity index (χ1n) is 6.82. The molecular weight excluding hydrogens is 321 g/mol. The molecule has 1 heterocycles. The molecule has 0 radical (unpaired) electrons. The zero-order valence-electron chi connectivity index (χ0n) is 12.2. The third-order valence-corrected chi connectivity index (χ3v) is 4.35. The lowest BCUT2D eigenvalue weighted by Crippen LogP contribution is -2.07. The second-order valence-corrected chi connectivity index (χ2v) is 5.96. The number of fused-ring (bicyclic) bond motifs is 1. The summed E-state index contributed by atoms with van der Waals surface area (Å²) in [6.07, 6.45) is 0. The van der Waals surface area contributed by atoms with E-state index in [2.05, 4.69) is 10.3 Å². The summed E-state index contributed by atoms with van der Waals surface area (Å²) in [5.41, 5.74) is 4.48. The van der Waals surface area contributed by atoms with E-state index in [1.165, 1.54) is 5.56 Å². The Morgan fingerprint density at radius 2 is 1.91 bits per heavy atom. The van der Waals surface area contributed by atoms with E-state index in [1.54, 1.807) is 16.7 Å². The highest BCUT2D eigenvalue weighted by atomic mass is 35.5. The number of benzene rings is 2. The Morgan fingerprint density at radius 3 is 2.59 bits per heavy atom. The summed E-state index contributed by atoms with van der Waals surface area (Å²) in [6.45, 7) is 2.83. The van der Waals surface area contributed by atoms with Crippen molar-refractivity contribution in [2.45, 2.75) is 13.5 Å². The first kappa shape index (κ1) is 15.2. The number of aromatic nitrogens is 2. The van der Waals surface area contributed by atoms with Crippen molar-refractivity contribution in [2.75, 3.05) is 7.05 Å². The molecule has 2 aromatic carbocycles. The molecule has 0 unspecified atom stereocenters. The van der Waals surface area contributed by atoms with Gasteiger partial charge in [0, 0.05) is 6.54 Å². The summed E-state index contributed by atoms with van der Waals surface area (Å²) in [7, 11) is 1.91. The zero-order chi connectivity index (χ0) is 15.9. The molecular formula is C16H15Cl2N3O. The van der Waals surface area contributed by atoms with E-state index >= 15 is 0 Å². The monoisotopic (exact) mass is 335 g/mol. The number of nitrogens with zero attached hydrogens (tertiary/aromatic N) is 2. The lowest BCUT2D eigenvalue weighted by molar-refractivity contribution is 0.425. The number of halogens is 2. The van der Waals surface area contributed by atoms with Gasteiger partial charge in [-0.3, -0.25) is 4.57 Å². The standard InChI is InChI=1S/C16H15Cl2N3O/c1-9-5-11(4-3-10(9)8-19-2)21-15-7-13(18)12(17)6-14(15)20-16(21)22/h3-7,19H,8H2,1-2H3,(H,20,22). The Morgan fingerprint density at radius 1 is 1.18 bits per heavy atom. The van der Waals surface area contributed by atoms with Crippen LogP contribution >= 0.6 is 23.2 Å². The van der Waals surface area contributed by atoms with Gasteiger partial charge >= 0.3 is 0 Å². The second-order valence-electron chi connectivity index (χ2n) is 5.14. The molecule has 0 spiro atoms. The van der Waals surface area contributed by atoms with E-state index < -0.39 is 0 Å². The SMILES string of the molecule is CNCc1ccc(-n2c(O)nc3cc(Cl)c(Cl)cc32)cc1C. The van der Waals surface area contributed by atoms with Gasteiger partial charge in [-0.05, 0) is 49.4 Å². The van der Waals surface area contributed by atoms with Gasteiger partial charge in [-0.2, -0.15) is 4.98 Å². The summed E-state index contributed by atoms with van der Waals surface area (Å²) < 4.78 is 1.66. The van der Waals surface area contributed by atoms with E-state index in [-0.39, 0.29) is 6.01 Å². The summed E-state index contributed by atoms with van der Waals surface area (Å²) >= 11 is 12.1. The average molecular weight is 336 g/mol. The second kappa shape index (κ2) is 5.80. The van der Waals surface area contributed by atoms with Crippen LogP contribution in [0.4, 0.5) is 0 Å². The first-order chi connectivity index (χ1) is 10.5. The number of hydrogen-bond donors (Lipinski definition) is 2. The molecule has 0 bridgehead atoms. The van der Waals surface area contributed by atoms with Gasteiger partial charge in [-0.25, -0.2) is 0 Å². The van der Waals surface area contributed by atoms with Gasteiger partial charge in [0.15, 0.2) is 0 Å². The lowest BCUT2D eigenvalue weighted by Gasteiger charge is -2.10. The Bertz CT molecular complexity index is 858. The van der Waals surface area contributed by atoms with Crippen molar-refractivity contribution in [3.8, 4) is 11.7 Å². The fourth-order valence-corrected chi connectivity index (χ4v) is 2.84. The maximum Gasteiger partial charge on any atom is 0.299 e. The normalized spacial score (nSPS) is 11.3. The van der Waals surface area contributed by atoms with Crippen molar-refractivity contribution < 1.29 is 5.11 Å². The number of nitrogens with one attached hydrogen (secondary N) is 1. The molecule has 0 aliphatic carbocycles. The minimum absolute atomic E-state index is 0.0888. The lowest BCUT2D eigenvalue weighted by atomic mass is 10.1. The van der Waals surface area contributed by atoms with Crippen LogP contribution in [-0.2, 0) is 6.54 Å². The number of rotatable bonds is 3. The van der Waals surface area contributed by atoms with Crippen LogP contribution in [0, 0.1) is 6.92 Å². The van der Waals surface area contributed by atoms with Crippen LogP contribution in [-0.4, -0.2) is 21.7 Å². The minimum atomic E-state index is -0.0888. The molecule has 0 amide bonds. The fourth-order valence-electron chi connectivity index (χ4n) is 2.52. The number of imidazole rings is 1. The summed E-state index contributed by atoms with van der Waals surface area (Å²) in [5, 5.41) is 14.2. The predicted octanol–water partition coefficient (Wildman–Crippen LogP) is 4.07. The van der Waals surface area contributed by atoms with Crippen molar-refractivity contribution in [1.82, 2.24) is 14.9 Å². The highest BCUT2D eigenvalue weighted by Gasteiger charge is 2.14. The van der Waals surface area contributed by atoms with Gasteiger partial charge in [0.25, 0.3) is 6.01 Å². The summed E-state index contributed by atoms with van der Waals surface area (Å²) in [5.74, 6) is 0. The number of hydrogen-bond acceptors (Lipinski definition) is 3. The molecule has 2 N–H and O–H groups in total. The summed E-state index contributed by atoms with van der Waals surface area (Å²) in [6, 6.07) is 9.26. The van der Waals surface area contributed by atoms with Crippen molar-refractivity contribution in [3.05, 3.63) is 51.5 Å². The van der Waals surface area contributed by atoms with Crippen LogP contribution in [0.5, 0.6) is 6.01 Å². The molecule has 0 aliphatic rings. The number of aromatic hydroxyl groups is 1. The predicted molar refractivity (Wildman–Crippen MR) is 90.3 cm³/mol. The van der Waals surface area contributed by atoms with Crippen LogP contribution in [0.25, 0.3) is 16.7 Å². The minimum Gasteiger partial charge on any atom is -0.480 e. The van der Waals surface area contributed by atoms with Gasteiger partial charge in [-0.1, -0.05) is 29.3 Å². The zero-order valence-corrected chi connectivity index (χ0v) is 13.7. The molecule has 22 heavy (non-hydrogen) atoms. The topological polar surface area (TPSA) is 50.1 Å². The Labute approximate surface area is 138 Å².